The predicted octanol–water partition coefficient (Wildman–Crippen LogP) is 1.29. The van der Waals surface area contributed by atoms with Gasteiger partial charge >= 0.3 is 0 Å². The number of aliphatic hydroxyl groups is 1. The largest absolute Gasteiger partial charge is 0.396 e. The molecule has 0 spiro atoms. The topological polar surface area (TPSA) is 65.0 Å². The highest BCUT2D eigenvalue weighted by Gasteiger charge is 2.22. The molecule has 0 bridgehead atoms. The van der Waals surface area contributed by atoms with Crippen molar-refractivity contribution in [2.45, 2.75) is 6.42 Å². The van der Waals surface area contributed by atoms with Crippen molar-refractivity contribution in [1.82, 2.24) is 15.2 Å². The first-order valence-electron chi connectivity index (χ1n) is 6.19. The lowest BCUT2D eigenvalue weighted by Crippen LogP contribution is -2.21. The van der Waals surface area contributed by atoms with Gasteiger partial charge in [-0.25, -0.2) is 0 Å². The number of hydrogen-bond donors (Lipinski definition) is 2. The van der Waals surface area contributed by atoms with Crippen LogP contribution in [0.3, 0.4) is 0 Å². The molecule has 0 radical (unpaired) electrons. The predicted molar refractivity (Wildman–Crippen MR) is 69.2 cm³/mol. The number of nitrogens with one attached hydrogen (secondary N) is 1. The van der Waals surface area contributed by atoms with E-state index in [1.54, 1.807) is 0 Å². The smallest absolute Gasteiger partial charge is 0.151 e. The van der Waals surface area contributed by atoms with Gasteiger partial charge in [-0.1, -0.05) is 0 Å². The molecular weight excluding hydrogens is 228 g/mol. The molecule has 1 aliphatic rings. The van der Waals surface area contributed by atoms with E-state index in [1.165, 1.54) is 0 Å². The van der Waals surface area contributed by atoms with Gasteiger partial charge in [0.15, 0.2) is 5.82 Å². The van der Waals surface area contributed by atoms with E-state index in [9.17, 15) is 0 Å². The highest BCUT2D eigenvalue weighted by molar-refractivity contribution is 5.58. The van der Waals surface area contributed by atoms with Crippen LogP contribution in [-0.2, 0) is 0 Å². The summed E-state index contributed by atoms with van der Waals surface area (Å²) in [4.78, 5) is 5.18. The average Bonchev–Trinajstić information content (AvgIpc) is 3.10. The van der Waals surface area contributed by atoms with Crippen molar-refractivity contribution in [3.05, 3.63) is 30.6 Å². The Kier molecular flexibility index (Phi) is 2.98. The summed E-state index contributed by atoms with van der Waals surface area (Å²) in [6.07, 6.45) is 4.80. The Morgan fingerprint density at radius 3 is 2.89 bits per heavy atom. The second-order valence-electron chi connectivity index (χ2n) is 4.66. The van der Waals surface area contributed by atoms with Gasteiger partial charge in [0.05, 0.1) is 5.69 Å². The Bertz CT molecular complexity index is 494. The lowest BCUT2D eigenvalue weighted by atomic mass is 10.1. The van der Waals surface area contributed by atoms with E-state index in [0.29, 0.717) is 5.92 Å². The third-order valence-corrected chi connectivity index (χ3v) is 3.41. The van der Waals surface area contributed by atoms with Crippen LogP contribution in [0.4, 0.5) is 5.82 Å². The fourth-order valence-corrected chi connectivity index (χ4v) is 2.32. The summed E-state index contributed by atoms with van der Waals surface area (Å²) in [5, 5.41) is 17.6. The maximum atomic E-state index is 9.13. The first-order valence-corrected chi connectivity index (χ1v) is 6.19. The zero-order valence-electron chi connectivity index (χ0n) is 10.1. The molecule has 2 aromatic rings. The number of hydrogen-bond acceptors (Lipinski definition) is 4. The zero-order chi connectivity index (χ0) is 12.4. The zero-order valence-corrected chi connectivity index (χ0v) is 10.1. The summed E-state index contributed by atoms with van der Waals surface area (Å²) in [5.41, 5.74) is 1.92. The summed E-state index contributed by atoms with van der Waals surface area (Å²) in [6, 6.07) is 5.95. The maximum Gasteiger partial charge on any atom is 0.151 e. The second-order valence-corrected chi connectivity index (χ2v) is 4.66. The normalized spacial score (nSPS) is 19.4. The summed E-state index contributed by atoms with van der Waals surface area (Å²) >= 11 is 0. The maximum absolute atomic E-state index is 9.13. The van der Waals surface area contributed by atoms with Crippen LogP contribution in [-0.4, -0.2) is 40.0 Å². The monoisotopic (exact) mass is 244 g/mol. The van der Waals surface area contributed by atoms with Crippen LogP contribution in [0.15, 0.2) is 30.6 Å². The number of aliphatic hydroxyl groups excluding tert-OH is 1. The minimum Gasteiger partial charge on any atom is -0.396 e. The second kappa shape index (κ2) is 4.78. The summed E-state index contributed by atoms with van der Waals surface area (Å²) in [6.45, 7) is 2.07. The molecule has 18 heavy (non-hydrogen) atoms. The number of nitrogens with zero attached hydrogens (tertiary/aromatic N) is 3. The van der Waals surface area contributed by atoms with Crippen LogP contribution >= 0.6 is 0 Å². The van der Waals surface area contributed by atoms with E-state index in [4.69, 9.17) is 5.11 Å². The highest BCUT2D eigenvalue weighted by Crippen LogP contribution is 2.23. The van der Waals surface area contributed by atoms with Gasteiger partial charge in [-0.2, -0.15) is 0 Å². The average molecular weight is 244 g/mol. The molecule has 1 fully saturated rings. The van der Waals surface area contributed by atoms with Gasteiger partial charge in [-0.15, -0.1) is 10.2 Å². The number of anilines is 1. The lowest BCUT2D eigenvalue weighted by Gasteiger charge is -2.16. The molecule has 1 unspecified atom stereocenters. The SMILES string of the molecule is OCC1CCN(c2ccc(-c3cc[nH]c3)nn2)C1. The summed E-state index contributed by atoms with van der Waals surface area (Å²) in [7, 11) is 0. The van der Waals surface area contributed by atoms with Crippen LogP contribution in [0.2, 0.25) is 0 Å². The Balaban J connectivity index is 1.76. The van der Waals surface area contributed by atoms with Gasteiger partial charge in [0, 0.05) is 43.6 Å². The molecule has 2 aromatic heterocycles. The van der Waals surface area contributed by atoms with Crippen molar-refractivity contribution in [3.8, 4) is 11.3 Å². The first kappa shape index (κ1) is 11.2. The van der Waals surface area contributed by atoms with Gasteiger partial charge in [0.25, 0.3) is 0 Å². The molecule has 3 heterocycles. The van der Waals surface area contributed by atoms with E-state index >= 15 is 0 Å². The molecule has 5 nitrogen and oxygen atoms in total. The molecule has 5 heteroatoms. The standard InChI is InChI=1S/C13H16N4O/c18-9-10-4-6-17(8-10)13-2-1-12(15-16-13)11-3-5-14-7-11/h1-3,5,7,10,14,18H,4,6,8-9H2. The molecule has 94 valence electrons. The molecule has 0 aliphatic carbocycles. The number of aromatic amines is 1. The van der Waals surface area contributed by atoms with Crippen LogP contribution in [0.1, 0.15) is 6.42 Å². The van der Waals surface area contributed by atoms with Gasteiger partial charge in [-0.05, 0) is 24.6 Å². The fourth-order valence-electron chi connectivity index (χ4n) is 2.32. The van der Waals surface area contributed by atoms with Crippen molar-refractivity contribution in [1.29, 1.82) is 0 Å². The Morgan fingerprint density at radius 1 is 1.33 bits per heavy atom. The van der Waals surface area contributed by atoms with Gasteiger partial charge < -0.3 is 15.0 Å². The van der Waals surface area contributed by atoms with Crippen molar-refractivity contribution in [2.75, 3.05) is 24.6 Å². The quantitative estimate of drug-likeness (QED) is 0.854. The van der Waals surface area contributed by atoms with Crippen molar-refractivity contribution in [3.63, 3.8) is 0 Å². The fraction of sp³-hybridized carbons (Fsp3) is 0.385. The molecule has 0 aromatic carbocycles. The molecule has 0 saturated carbocycles. The Hall–Kier alpha value is -1.88. The molecule has 1 saturated heterocycles. The minimum absolute atomic E-state index is 0.255. The molecule has 0 amide bonds. The van der Waals surface area contributed by atoms with Gasteiger partial charge in [0.2, 0.25) is 0 Å². The number of H-pyrrole nitrogens is 1. The van der Waals surface area contributed by atoms with E-state index < -0.39 is 0 Å². The van der Waals surface area contributed by atoms with Gasteiger partial charge in [0.1, 0.15) is 0 Å². The molecule has 3 rings (SSSR count). The molecule has 1 aliphatic heterocycles. The summed E-state index contributed by atoms with van der Waals surface area (Å²) < 4.78 is 0. The van der Waals surface area contributed by atoms with E-state index in [2.05, 4.69) is 20.1 Å². The van der Waals surface area contributed by atoms with Crippen molar-refractivity contribution < 1.29 is 5.11 Å². The minimum atomic E-state index is 0.255. The number of aromatic nitrogens is 3. The third kappa shape index (κ3) is 2.09. The van der Waals surface area contributed by atoms with E-state index in [0.717, 1.165) is 36.6 Å². The van der Waals surface area contributed by atoms with E-state index in [1.807, 2.05) is 30.6 Å². The highest BCUT2D eigenvalue weighted by atomic mass is 16.3. The van der Waals surface area contributed by atoms with Gasteiger partial charge in [-0.3, -0.25) is 0 Å². The molecule has 1 atom stereocenters. The van der Waals surface area contributed by atoms with Crippen LogP contribution in [0, 0.1) is 5.92 Å². The van der Waals surface area contributed by atoms with Crippen LogP contribution in [0.25, 0.3) is 11.3 Å². The Morgan fingerprint density at radius 2 is 2.28 bits per heavy atom. The summed E-state index contributed by atoms with van der Waals surface area (Å²) in [5.74, 6) is 1.27. The third-order valence-electron chi connectivity index (χ3n) is 3.41. The Labute approximate surface area is 105 Å². The van der Waals surface area contributed by atoms with Crippen molar-refractivity contribution >= 4 is 5.82 Å². The lowest BCUT2D eigenvalue weighted by molar-refractivity contribution is 0.238. The first-order chi connectivity index (χ1) is 8.86. The molecule has 2 N–H and O–H groups in total. The number of rotatable bonds is 3. The molecular formula is C13H16N4O. The van der Waals surface area contributed by atoms with E-state index in [-0.39, 0.29) is 6.61 Å². The van der Waals surface area contributed by atoms with Crippen LogP contribution < -0.4 is 4.90 Å². The van der Waals surface area contributed by atoms with Crippen molar-refractivity contribution in [2.24, 2.45) is 5.92 Å². The van der Waals surface area contributed by atoms with Crippen LogP contribution in [0.5, 0.6) is 0 Å².